The first-order valence-electron chi connectivity index (χ1n) is 5.39. The van der Waals surface area contributed by atoms with Crippen molar-refractivity contribution in [3.05, 3.63) is 22.8 Å². The van der Waals surface area contributed by atoms with Crippen LogP contribution in [0.5, 0.6) is 0 Å². The molecular formula is C11H14ClN3OS. The molecule has 4 nitrogen and oxygen atoms in total. The van der Waals surface area contributed by atoms with Crippen LogP contribution in [0.3, 0.4) is 0 Å². The van der Waals surface area contributed by atoms with E-state index in [9.17, 15) is 4.79 Å². The molecule has 1 fully saturated rings. The van der Waals surface area contributed by atoms with Crippen LogP contribution < -0.4 is 5.73 Å². The van der Waals surface area contributed by atoms with E-state index in [0.29, 0.717) is 5.56 Å². The summed E-state index contributed by atoms with van der Waals surface area (Å²) in [5, 5.41) is 0.257. The fourth-order valence-electron chi connectivity index (χ4n) is 1.84. The molecule has 2 rings (SSSR count). The SMILES string of the molecule is CC1CSCCN1C(=O)c1cc(N)nc(Cl)c1. The summed E-state index contributed by atoms with van der Waals surface area (Å²) < 4.78 is 0. The third-order valence-electron chi connectivity index (χ3n) is 2.69. The van der Waals surface area contributed by atoms with Gasteiger partial charge in [0.25, 0.3) is 5.91 Å². The minimum atomic E-state index is -0.0196. The van der Waals surface area contributed by atoms with E-state index in [0.717, 1.165) is 18.1 Å². The number of amides is 1. The molecule has 1 saturated heterocycles. The lowest BCUT2D eigenvalue weighted by molar-refractivity contribution is 0.0716. The van der Waals surface area contributed by atoms with Gasteiger partial charge in [-0.15, -0.1) is 0 Å². The van der Waals surface area contributed by atoms with Gasteiger partial charge in [-0.1, -0.05) is 11.6 Å². The highest BCUT2D eigenvalue weighted by atomic mass is 35.5. The number of rotatable bonds is 1. The van der Waals surface area contributed by atoms with Gasteiger partial charge in [0.05, 0.1) is 0 Å². The summed E-state index contributed by atoms with van der Waals surface area (Å²) in [6, 6.07) is 3.38. The third-order valence-corrected chi connectivity index (χ3v) is 4.07. The summed E-state index contributed by atoms with van der Waals surface area (Å²) >= 11 is 7.67. The van der Waals surface area contributed by atoms with Gasteiger partial charge < -0.3 is 10.6 Å². The van der Waals surface area contributed by atoms with E-state index in [-0.39, 0.29) is 22.9 Å². The zero-order chi connectivity index (χ0) is 12.4. The molecule has 1 amide bonds. The maximum atomic E-state index is 12.3. The molecule has 1 atom stereocenters. The van der Waals surface area contributed by atoms with E-state index in [2.05, 4.69) is 11.9 Å². The predicted octanol–water partition coefficient (Wildman–Crippen LogP) is 1.89. The second-order valence-corrected chi connectivity index (χ2v) is 5.56. The van der Waals surface area contributed by atoms with E-state index in [1.165, 1.54) is 0 Å². The number of pyridine rings is 1. The normalized spacial score (nSPS) is 20.4. The molecule has 0 aromatic carbocycles. The number of carbonyl (C=O) groups excluding carboxylic acids is 1. The number of hydrogen-bond donors (Lipinski definition) is 1. The van der Waals surface area contributed by atoms with E-state index >= 15 is 0 Å². The van der Waals surface area contributed by atoms with Crippen LogP contribution in [-0.4, -0.2) is 39.9 Å². The maximum absolute atomic E-state index is 12.3. The average molecular weight is 272 g/mol. The molecule has 6 heteroatoms. The molecule has 1 aromatic rings. The van der Waals surface area contributed by atoms with Crippen LogP contribution >= 0.6 is 23.4 Å². The highest BCUT2D eigenvalue weighted by Gasteiger charge is 2.24. The Balaban J connectivity index is 2.23. The van der Waals surface area contributed by atoms with Crippen molar-refractivity contribution < 1.29 is 4.79 Å². The highest BCUT2D eigenvalue weighted by Crippen LogP contribution is 2.20. The molecular weight excluding hydrogens is 258 g/mol. The largest absolute Gasteiger partial charge is 0.384 e. The zero-order valence-electron chi connectivity index (χ0n) is 9.52. The summed E-state index contributed by atoms with van der Waals surface area (Å²) in [5.41, 5.74) is 6.11. The maximum Gasteiger partial charge on any atom is 0.254 e. The first kappa shape index (κ1) is 12.5. The van der Waals surface area contributed by atoms with Crippen molar-refractivity contribution in [1.29, 1.82) is 0 Å². The molecule has 0 saturated carbocycles. The average Bonchev–Trinajstić information content (AvgIpc) is 2.27. The Bertz CT molecular complexity index is 420. The van der Waals surface area contributed by atoms with Gasteiger partial charge in [-0.2, -0.15) is 11.8 Å². The molecule has 2 N–H and O–H groups in total. The van der Waals surface area contributed by atoms with Crippen molar-refractivity contribution in [2.24, 2.45) is 0 Å². The number of carbonyl (C=O) groups is 1. The monoisotopic (exact) mass is 271 g/mol. The van der Waals surface area contributed by atoms with E-state index in [4.69, 9.17) is 17.3 Å². The van der Waals surface area contributed by atoms with Crippen LogP contribution in [0, 0.1) is 0 Å². The van der Waals surface area contributed by atoms with Gasteiger partial charge in [-0.25, -0.2) is 4.98 Å². The molecule has 0 radical (unpaired) electrons. The van der Waals surface area contributed by atoms with Crippen molar-refractivity contribution in [3.63, 3.8) is 0 Å². The number of nitrogens with two attached hydrogens (primary N) is 1. The van der Waals surface area contributed by atoms with E-state index in [1.54, 1.807) is 12.1 Å². The summed E-state index contributed by atoms with van der Waals surface area (Å²) in [4.78, 5) is 18.0. The van der Waals surface area contributed by atoms with Gasteiger partial charge in [0, 0.05) is 29.7 Å². The van der Waals surface area contributed by atoms with Gasteiger partial charge in [0.1, 0.15) is 11.0 Å². The highest BCUT2D eigenvalue weighted by molar-refractivity contribution is 7.99. The fraction of sp³-hybridized carbons (Fsp3) is 0.455. The molecule has 17 heavy (non-hydrogen) atoms. The Hall–Kier alpha value is -0.940. The molecule has 1 aromatic heterocycles. The Kier molecular flexibility index (Phi) is 3.79. The first-order valence-corrected chi connectivity index (χ1v) is 6.93. The van der Waals surface area contributed by atoms with Crippen molar-refractivity contribution >= 4 is 35.1 Å². The third kappa shape index (κ3) is 2.84. The molecule has 92 valence electrons. The summed E-state index contributed by atoms with van der Waals surface area (Å²) in [6.45, 7) is 2.82. The van der Waals surface area contributed by atoms with Crippen LogP contribution in [-0.2, 0) is 0 Å². The van der Waals surface area contributed by atoms with Gasteiger partial charge in [0.2, 0.25) is 0 Å². The van der Waals surface area contributed by atoms with Crippen molar-refractivity contribution in [2.75, 3.05) is 23.8 Å². The fourth-order valence-corrected chi connectivity index (χ4v) is 3.06. The predicted molar refractivity (Wildman–Crippen MR) is 71.5 cm³/mol. The lowest BCUT2D eigenvalue weighted by Gasteiger charge is -2.33. The smallest absolute Gasteiger partial charge is 0.254 e. The van der Waals surface area contributed by atoms with Crippen LogP contribution in [0.15, 0.2) is 12.1 Å². The van der Waals surface area contributed by atoms with Gasteiger partial charge in [-0.3, -0.25) is 4.79 Å². The van der Waals surface area contributed by atoms with Crippen LogP contribution in [0.1, 0.15) is 17.3 Å². The van der Waals surface area contributed by atoms with E-state index in [1.807, 2.05) is 16.7 Å². The number of halogens is 1. The van der Waals surface area contributed by atoms with Crippen LogP contribution in [0.25, 0.3) is 0 Å². The molecule has 1 unspecified atom stereocenters. The Morgan fingerprint density at radius 2 is 2.41 bits per heavy atom. The minimum absolute atomic E-state index is 0.0196. The van der Waals surface area contributed by atoms with Crippen molar-refractivity contribution in [1.82, 2.24) is 9.88 Å². The first-order chi connectivity index (χ1) is 8.08. The van der Waals surface area contributed by atoms with Crippen LogP contribution in [0.2, 0.25) is 5.15 Å². The summed E-state index contributed by atoms with van der Waals surface area (Å²) in [5.74, 6) is 2.21. The Morgan fingerprint density at radius 3 is 3.06 bits per heavy atom. The molecule has 0 bridgehead atoms. The zero-order valence-corrected chi connectivity index (χ0v) is 11.1. The number of aromatic nitrogens is 1. The molecule has 1 aliphatic rings. The number of hydrogen-bond acceptors (Lipinski definition) is 4. The molecule has 0 aliphatic carbocycles. The van der Waals surface area contributed by atoms with Crippen LogP contribution in [0.4, 0.5) is 5.82 Å². The number of nitrogen functional groups attached to an aromatic ring is 1. The topological polar surface area (TPSA) is 59.2 Å². The number of nitrogens with zero attached hydrogens (tertiary/aromatic N) is 2. The molecule has 1 aliphatic heterocycles. The number of anilines is 1. The van der Waals surface area contributed by atoms with Gasteiger partial charge in [-0.05, 0) is 19.1 Å². The van der Waals surface area contributed by atoms with E-state index < -0.39 is 0 Å². The van der Waals surface area contributed by atoms with Gasteiger partial charge >= 0.3 is 0 Å². The number of thioether (sulfide) groups is 1. The quantitative estimate of drug-likeness (QED) is 0.793. The van der Waals surface area contributed by atoms with Crippen molar-refractivity contribution in [2.45, 2.75) is 13.0 Å². The Labute approximate surface area is 110 Å². The second kappa shape index (κ2) is 5.14. The lowest BCUT2D eigenvalue weighted by atomic mass is 10.2. The van der Waals surface area contributed by atoms with Gasteiger partial charge in [0.15, 0.2) is 0 Å². The lowest BCUT2D eigenvalue weighted by Crippen LogP contribution is -2.44. The summed E-state index contributed by atoms with van der Waals surface area (Å²) in [6.07, 6.45) is 0. The van der Waals surface area contributed by atoms with Crippen molar-refractivity contribution in [3.8, 4) is 0 Å². The summed E-state index contributed by atoms with van der Waals surface area (Å²) in [7, 11) is 0. The standard InChI is InChI=1S/C11H14ClN3OS/c1-7-6-17-3-2-15(7)11(16)8-4-9(12)14-10(13)5-8/h4-5,7H,2-3,6H2,1H3,(H2,13,14). The Morgan fingerprint density at radius 1 is 1.65 bits per heavy atom. The molecule has 2 heterocycles. The molecule has 0 spiro atoms. The second-order valence-electron chi connectivity index (χ2n) is 4.03. The minimum Gasteiger partial charge on any atom is -0.384 e.